The lowest BCUT2D eigenvalue weighted by atomic mass is 9.66. The Labute approximate surface area is 178 Å². The molecule has 0 saturated heterocycles. The molecule has 0 fully saturated rings. The van der Waals surface area contributed by atoms with E-state index in [0.717, 1.165) is 34.8 Å². The van der Waals surface area contributed by atoms with Gasteiger partial charge in [-0.1, -0.05) is 57.2 Å². The molecule has 2 unspecified atom stereocenters. The third-order valence-corrected chi connectivity index (χ3v) is 6.84. The van der Waals surface area contributed by atoms with Crippen molar-refractivity contribution in [2.45, 2.75) is 54.9 Å². The number of carbonyl (C=O) groups is 2. The van der Waals surface area contributed by atoms with Crippen molar-refractivity contribution in [3.05, 3.63) is 69.8 Å². The summed E-state index contributed by atoms with van der Waals surface area (Å²) in [5, 5.41) is 0. The molecule has 0 aromatic heterocycles. The van der Waals surface area contributed by atoms with Crippen molar-refractivity contribution in [2.75, 3.05) is 6.16 Å². The number of hydrogen-bond acceptors (Lipinski definition) is 2. The molecule has 156 valence electrons. The normalized spacial score (nSPS) is 12.9. The minimum Gasteiger partial charge on any atom is -0.293 e. The van der Waals surface area contributed by atoms with E-state index in [-0.39, 0.29) is 11.6 Å². The Morgan fingerprint density at radius 2 is 1.17 bits per heavy atom. The van der Waals surface area contributed by atoms with Crippen molar-refractivity contribution in [2.24, 2.45) is 17.3 Å². The second-order valence-electron chi connectivity index (χ2n) is 9.23. The topological polar surface area (TPSA) is 34.1 Å². The minimum absolute atomic E-state index is 0.0470. The first kappa shape index (κ1) is 23.5. The molecular weight excluding hydrogens is 375 g/mol. The molecule has 2 rings (SSSR count). The average Bonchev–Trinajstić information content (AvgIpc) is 2.60. The van der Waals surface area contributed by atoms with E-state index < -0.39 is 11.3 Å². The number of ketones is 2. The van der Waals surface area contributed by atoms with Gasteiger partial charge in [-0.25, -0.2) is 0 Å². The Balaban J connectivity index is 2.66. The van der Waals surface area contributed by atoms with E-state index in [1.54, 1.807) is 0 Å². The maximum atomic E-state index is 13.9. The van der Waals surface area contributed by atoms with Crippen molar-refractivity contribution in [1.29, 1.82) is 0 Å². The summed E-state index contributed by atoms with van der Waals surface area (Å²) in [5.41, 5.74) is 4.68. The molecule has 2 aromatic rings. The summed E-state index contributed by atoms with van der Waals surface area (Å²) in [6, 6.07) is 11.8. The molecule has 2 aromatic carbocycles. The van der Waals surface area contributed by atoms with Gasteiger partial charge in [0, 0.05) is 11.1 Å². The Hall–Kier alpha value is -1.79. The minimum atomic E-state index is -0.707. The van der Waals surface area contributed by atoms with Gasteiger partial charge in [0.1, 0.15) is 0 Å². The number of hydrogen-bond donors (Lipinski definition) is 0. The fourth-order valence-corrected chi connectivity index (χ4v) is 4.79. The first-order chi connectivity index (χ1) is 13.5. The van der Waals surface area contributed by atoms with Crippen LogP contribution in [0.1, 0.15) is 70.2 Å². The molecule has 3 heteroatoms. The Kier molecular flexibility index (Phi) is 7.57. The van der Waals surface area contributed by atoms with Gasteiger partial charge in [-0.3, -0.25) is 9.59 Å². The highest BCUT2D eigenvalue weighted by Crippen LogP contribution is 2.40. The maximum absolute atomic E-state index is 13.9. The van der Waals surface area contributed by atoms with Crippen molar-refractivity contribution < 1.29 is 9.59 Å². The molecule has 2 atom stereocenters. The summed E-state index contributed by atoms with van der Waals surface area (Å²) in [7, 11) is 2.78. The van der Waals surface area contributed by atoms with Gasteiger partial charge in [0.15, 0.2) is 11.6 Å². The lowest BCUT2D eigenvalue weighted by molar-refractivity contribution is 0.0641. The van der Waals surface area contributed by atoms with E-state index >= 15 is 0 Å². The third-order valence-electron chi connectivity index (χ3n) is 6.04. The molecule has 2 nitrogen and oxygen atoms in total. The quantitative estimate of drug-likeness (QED) is 0.282. The Morgan fingerprint density at radius 1 is 0.828 bits per heavy atom. The van der Waals surface area contributed by atoms with E-state index in [4.69, 9.17) is 0 Å². The molecule has 0 aliphatic carbocycles. The highest BCUT2D eigenvalue weighted by molar-refractivity contribution is 7.16. The number of aryl methyl sites for hydroxylation is 4. The monoisotopic (exact) mass is 410 g/mol. The van der Waals surface area contributed by atoms with E-state index in [1.807, 2.05) is 64.1 Å². The second kappa shape index (κ2) is 9.35. The summed E-state index contributed by atoms with van der Waals surface area (Å²) < 4.78 is 0. The molecule has 0 aliphatic rings. The molecule has 29 heavy (non-hydrogen) atoms. The zero-order valence-corrected chi connectivity index (χ0v) is 20.1. The molecule has 0 bridgehead atoms. The molecular formula is C26H35O2P. The number of carbonyl (C=O) groups excluding carboxylic acids is 2. The van der Waals surface area contributed by atoms with Gasteiger partial charge in [0.25, 0.3) is 0 Å². The second-order valence-corrected chi connectivity index (χ2v) is 9.70. The maximum Gasteiger partial charge on any atom is 0.174 e. The molecule has 0 radical (unpaired) electrons. The zero-order valence-electron chi connectivity index (χ0n) is 18.9. The van der Waals surface area contributed by atoms with Gasteiger partial charge >= 0.3 is 0 Å². The smallest absolute Gasteiger partial charge is 0.174 e. The summed E-state index contributed by atoms with van der Waals surface area (Å²) in [4.78, 5) is 27.8. The largest absolute Gasteiger partial charge is 0.293 e. The molecule has 0 saturated carbocycles. The Bertz CT molecular complexity index is 807. The fraction of sp³-hybridized carbons (Fsp3) is 0.462. The predicted molar refractivity (Wildman–Crippen MR) is 126 cm³/mol. The van der Waals surface area contributed by atoms with E-state index in [2.05, 4.69) is 30.0 Å². The van der Waals surface area contributed by atoms with Crippen LogP contribution in [0.2, 0.25) is 0 Å². The van der Waals surface area contributed by atoms with E-state index in [0.29, 0.717) is 17.0 Å². The van der Waals surface area contributed by atoms with E-state index in [9.17, 15) is 9.59 Å². The summed E-state index contributed by atoms with van der Waals surface area (Å²) in [6.45, 7) is 14.2. The average molecular weight is 411 g/mol. The van der Waals surface area contributed by atoms with Crippen LogP contribution < -0.4 is 0 Å². The van der Waals surface area contributed by atoms with Gasteiger partial charge in [-0.2, -0.15) is 0 Å². The first-order valence-electron chi connectivity index (χ1n) is 10.4. The first-order valence-corrected chi connectivity index (χ1v) is 11.2. The van der Waals surface area contributed by atoms with Crippen LogP contribution in [0.25, 0.3) is 0 Å². The van der Waals surface area contributed by atoms with Gasteiger partial charge in [0.05, 0.1) is 5.92 Å². The Morgan fingerprint density at radius 3 is 1.48 bits per heavy atom. The summed E-state index contributed by atoms with van der Waals surface area (Å²) in [6.07, 6.45) is 1.76. The molecule has 0 amide bonds. The standard InChI is InChI=1S/C26H35O2P/c1-16(15-29)14-26(6,7)23(24(27)21-17(2)10-8-11-18(21)3)25(28)22-19(4)12-9-13-20(22)5/h8-13,16,23H,14-15,29H2,1-7H3. The molecule has 0 heterocycles. The van der Waals surface area contributed by atoms with Crippen LogP contribution >= 0.6 is 9.24 Å². The SMILES string of the molecule is Cc1cccc(C)c1C(=O)C(C(=O)c1c(C)cccc1C)C(C)(C)CC(C)CP. The predicted octanol–water partition coefficient (Wildman–Crippen LogP) is 6.53. The van der Waals surface area contributed by atoms with Crippen molar-refractivity contribution in [3.63, 3.8) is 0 Å². The van der Waals surface area contributed by atoms with Crippen LogP contribution in [0.4, 0.5) is 0 Å². The van der Waals surface area contributed by atoms with Crippen molar-refractivity contribution >= 4 is 20.8 Å². The van der Waals surface area contributed by atoms with Gasteiger partial charge in [0.2, 0.25) is 0 Å². The molecule has 0 spiro atoms. The van der Waals surface area contributed by atoms with Crippen LogP contribution in [0.5, 0.6) is 0 Å². The number of Topliss-reactive ketones (excluding diaryl/α,β-unsaturated/α-hetero) is 2. The summed E-state index contributed by atoms with van der Waals surface area (Å²) >= 11 is 0. The van der Waals surface area contributed by atoms with Crippen molar-refractivity contribution in [1.82, 2.24) is 0 Å². The van der Waals surface area contributed by atoms with Crippen LogP contribution in [0.3, 0.4) is 0 Å². The van der Waals surface area contributed by atoms with Crippen LogP contribution in [-0.4, -0.2) is 17.7 Å². The fourth-order valence-electron chi connectivity index (χ4n) is 4.62. The third kappa shape index (κ3) is 5.04. The lowest BCUT2D eigenvalue weighted by Crippen LogP contribution is -2.40. The van der Waals surface area contributed by atoms with Gasteiger partial charge in [-0.15, -0.1) is 9.24 Å². The van der Waals surface area contributed by atoms with Crippen LogP contribution in [-0.2, 0) is 0 Å². The number of benzene rings is 2. The molecule has 0 aliphatic heterocycles. The van der Waals surface area contributed by atoms with Crippen LogP contribution in [0.15, 0.2) is 36.4 Å². The van der Waals surface area contributed by atoms with Crippen molar-refractivity contribution in [3.8, 4) is 0 Å². The molecule has 0 N–H and O–H groups in total. The highest BCUT2D eigenvalue weighted by Gasteiger charge is 2.43. The zero-order chi connectivity index (χ0) is 21.9. The number of rotatable bonds is 8. The van der Waals surface area contributed by atoms with Gasteiger partial charge < -0.3 is 0 Å². The lowest BCUT2D eigenvalue weighted by Gasteiger charge is -2.35. The highest BCUT2D eigenvalue weighted by atomic mass is 31.0. The van der Waals surface area contributed by atoms with E-state index in [1.165, 1.54) is 0 Å². The van der Waals surface area contributed by atoms with Crippen LogP contribution in [0, 0.1) is 44.9 Å². The summed E-state index contributed by atoms with van der Waals surface area (Å²) in [5.74, 6) is -0.390. The van der Waals surface area contributed by atoms with Gasteiger partial charge in [-0.05, 0) is 73.9 Å².